The molecule has 0 saturated carbocycles. The van der Waals surface area contributed by atoms with Crippen LogP contribution < -0.4 is 5.32 Å². The molecule has 2 rings (SSSR count). The van der Waals surface area contributed by atoms with Gasteiger partial charge in [0.1, 0.15) is 0 Å². The van der Waals surface area contributed by atoms with Crippen molar-refractivity contribution in [1.29, 1.82) is 0 Å². The third kappa shape index (κ3) is 3.05. The number of anilines is 1. The smallest absolute Gasteiger partial charge is 0.0721 e. The van der Waals surface area contributed by atoms with Crippen LogP contribution in [0.4, 0.5) is 5.69 Å². The molecule has 0 aliphatic carbocycles. The van der Waals surface area contributed by atoms with Crippen LogP contribution in [-0.4, -0.2) is 19.8 Å². The summed E-state index contributed by atoms with van der Waals surface area (Å²) in [7, 11) is 3.78. The Hall–Kier alpha value is -2.35. The van der Waals surface area contributed by atoms with Gasteiger partial charge in [0, 0.05) is 30.9 Å². The molecule has 0 aliphatic rings. The van der Waals surface area contributed by atoms with Crippen molar-refractivity contribution in [3.63, 3.8) is 0 Å². The van der Waals surface area contributed by atoms with Gasteiger partial charge in [-0.3, -0.25) is 4.99 Å². The highest BCUT2D eigenvalue weighted by molar-refractivity contribution is 6.14. The molecule has 21 heavy (non-hydrogen) atoms. The molecule has 2 aromatic rings. The second-order valence-electron chi connectivity index (χ2n) is 5.13. The average Bonchev–Trinajstić information content (AvgIpc) is 2.51. The first kappa shape index (κ1) is 15.0. The monoisotopic (exact) mass is 278 g/mol. The highest BCUT2D eigenvalue weighted by atomic mass is 14.8. The van der Waals surface area contributed by atoms with E-state index in [9.17, 15) is 0 Å². The molecule has 0 fully saturated rings. The van der Waals surface area contributed by atoms with E-state index >= 15 is 0 Å². The number of hydrogen-bond donors (Lipinski definition) is 1. The molecule has 2 aromatic carbocycles. The summed E-state index contributed by atoms with van der Waals surface area (Å²) in [6, 6.07) is 12.7. The second-order valence-corrected chi connectivity index (χ2v) is 5.13. The molecular formula is C19H22N2. The van der Waals surface area contributed by atoms with E-state index < -0.39 is 0 Å². The highest BCUT2D eigenvalue weighted by Crippen LogP contribution is 2.22. The van der Waals surface area contributed by atoms with Crippen molar-refractivity contribution in [3.05, 3.63) is 70.8 Å². The fourth-order valence-electron chi connectivity index (χ4n) is 2.49. The topological polar surface area (TPSA) is 24.4 Å². The molecule has 0 aromatic heterocycles. The van der Waals surface area contributed by atoms with Crippen LogP contribution in [0.1, 0.15) is 27.8 Å². The normalized spacial score (nSPS) is 11.3. The maximum atomic E-state index is 4.54. The Labute approximate surface area is 127 Å². The Morgan fingerprint density at radius 3 is 2.38 bits per heavy atom. The van der Waals surface area contributed by atoms with E-state index in [2.05, 4.69) is 67.1 Å². The molecule has 1 N–H and O–H groups in total. The number of aryl methyl sites for hydroxylation is 2. The van der Waals surface area contributed by atoms with Crippen LogP contribution in [-0.2, 0) is 0 Å². The van der Waals surface area contributed by atoms with Crippen molar-refractivity contribution in [3.8, 4) is 0 Å². The Bertz CT molecular complexity index is 697. The summed E-state index contributed by atoms with van der Waals surface area (Å²) in [5, 5.41) is 3.17. The van der Waals surface area contributed by atoms with Crippen molar-refractivity contribution in [2.24, 2.45) is 4.99 Å². The van der Waals surface area contributed by atoms with Crippen LogP contribution in [0.5, 0.6) is 0 Å². The fourth-order valence-corrected chi connectivity index (χ4v) is 2.49. The van der Waals surface area contributed by atoms with Crippen molar-refractivity contribution in [1.82, 2.24) is 0 Å². The molecule has 0 bridgehead atoms. The second kappa shape index (κ2) is 6.40. The molecular weight excluding hydrogens is 256 g/mol. The van der Waals surface area contributed by atoms with Crippen LogP contribution in [0.15, 0.2) is 48.0 Å². The summed E-state index contributed by atoms with van der Waals surface area (Å²) < 4.78 is 0. The van der Waals surface area contributed by atoms with Gasteiger partial charge in [-0.2, -0.15) is 0 Å². The Morgan fingerprint density at radius 1 is 1.05 bits per heavy atom. The molecule has 0 unspecified atom stereocenters. The fraction of sp³-hybridized carbons (Fsp3) is 0.211. The predicted molar refractivity (Wildman–Crippen MR) is 93.6 cm³/mol. The summed E-state index contributed by atoms with van der Waals surface area (Å²) in [6.07, 6.45) is 1.87. The van der Waals surface area contributed by atoms with Gasteiger partial charge in [0.15, 0.2) is 0 Å². The first-order valence-electron chi connectivity index (χ1n) is 7.09. The third-order valence-corrected chi connectivity index (χ3v) is 3.75. The van der Waals surface area contributed by atoms with Crippen LogP contribution >= 0.6 is 0 Å². The molecule has 0 spiro atoms. The summed E-state index contributed by atoms with van der Waals surface area (Å²) in [5.74, 6) is 0. The van der Waals surface area contributed by atoms with Gasteiger partial charge >= 0.3 is 0 Å². The lowest BCUT2D eigenvalue weighted by Crippen LogP contribution is -2.08. The lowest BCUT2D eigenvalue weighted by Gasteiger charge is -2.14. The van der Waals surface area contributed by atoms with Crippen molar-refractivity contribution < 1.29 is 0 Å². The number of aliphatic imine (C=N–C) groups is 1. The first-order chi connectivity index (χ1) is 10.1. The van der Waals surface area contributed by atoms with Crippen LogP contribution in [0.25, 0.3) is 6.08 Å². The van der Waals surface area contributed by atoms with Crippen molar-refractivity contribution in [2.45, 2.75) is 13.8 Å². The lowest BCUT2D eigenvalue weighted by molar-refractivity contribution is 1.34. The van der Waals surface area contributed by atoms with Gasteiger partial charge in [0.25, 0.3) is 0 Å². The van der Waals surface area contributed by atoms with Gasteiger partial charge in [-0.05, 0) is 48.7 Å². The molecule has 0 heterocycles. The highest BCUT2D eigenvalue weighted by Gasteiger charge is 2.12. The van der Waals surface area contributed by atoms with Gasteiger partial charge in [-0.25, -0.2) is 0 Å². The molecule has 0 radical (unpaired) electrons. The van der Waals surface area contributed by atoms with E-state index in [1.165, 1.54) is 16.7 Å². The third-order valence-electron chi connectivity index (χ3n) is 3.75. The summed E-state index contributed by atoms with van der Waals surface area (Å²) in [6.45, 7) is 8.09. The SMILES string of the molecule is C=Cc1ccc(C)c(C(=NC)c2ccc(NC)cc2C)c1. The first-order valence-corrected chi connectivity index (χ1v) is 7.09. The van der Waals surface area contributed by atoms with Crippen LogP contribution in [0.3, 0.4) is 0 Å². The van der Waals surface area contributed by atoms with Crippen LogP contribution in [0, 0.1) is 13.8 Å². The molecule has 108 valence electrons. The zero-order valence-electron chi connectivity index (χ0n) is 13.2. The van der Waals surface area contributed by atoms with Gasteiger partial charge in [0.05, 0.1) is 5.71 Å². The lowest BCUT2D eigenvalue weighted by atomic mass is 9.93. The molecule has 0 aliphatic heterocycles. The van der Waals surface area contributed by atoms with E-state index in [0.717, 1.165) is 22.5 Å². The standard InChI is InChI=1S/C19H22N2/c1-6-15-8-7-13(2)18(12-15)19(21-5)17-10-9-16(20-4)11-14(17)3/h6-12,20H,1H2,2-5H3. The number of nitrogens with one attached hydrogen (secondary N) is 1. The number of benzene rings is 2. The maximum Gasteiger partial charge on any atom is 0.0721 e. The number of hydrogen-bond acceptors (Lipinski definition) is 2. The number of nitrogens with zero attached hydrogens (tertiary/aromatic N) is 1. The van der Waals surface area contributed by atoms with E-state index in [1.807, 2.05) is 20.2 Å². The Morgan fingerprint density at radius 2 is 1.81 bits per heavy atom. The van der Waals surface area contributed by atoms with Gasteiger partial charge in [0.2, 0.25) is 0 Å². The van der Waals surface area contributed by atoms with E-state index in [1.54, 1.807) is 0 Å². The van der Waals surface area contributed by atoms with Gasteiger partial charge < -0.3 is 5.32 Å². The molecule has 0 atom stereocenters. The molecule has 2 nitrogen and oxygen atoms in total. The zero-order valence-corrected chi connectivity index (χ0v) is 13.2. The Kier molecular flexibility index (Phi) is 4.59. The van der Waals surface area contributed by atoms with Crippen molar-refractivity contribution in [2.75, 3.05) is 19.4 Å². The molecule has 2 heteroatoms. The molecule has 0 amide bonds. The van der Waals surface area contributed by atoms with Crippen molar-refractivity contribution >= 4 is 17.5 Å². The van der Waals surface area contributed by atoms with Gasteiger partial charge in [-0.1, -0.05) is 30.9 Å². The maximum absolute atomic E-state index is 4.54. The van der Waals surface area contributed by atoms with E-state index in [4.69, 9.17) is 0 Å². The minimum Gasteiger partial charge on any atom is -0.388 e. The van der Waals surface area contributed by atoms with Gasteiger partial charge in [-0.15, -0.1) is 0 Å². The van der Waals surface area contributed by atoms with Crippen LogP contribution in [0.2, 0.25) is 0 Å². The summed E-state index contributed by atoms with van der Waals surface area (Å²) in [5.41, 5.74) is 8.01. The zero-order chi connectivity index (χ0) is 15.4. The predicted octanol–water partition coefficient (Wildman–Crippen LogP) is 4.46. The number of rotatable bonds is 4. The van der Waals surface area contributed by atoms with E-state index in [0.29, 0.717) is 0 Å². The minimum atomic E-state index is 1.02. The Balaban J connectivity index is 2.58. The summed E-state index contributed by atoms with van der Waals surface area (Å²) in [4.78, 5) is 4.54. The summed E-state index contributed by atoms with van der Waals surface area (Å²) >= 11 is 0. The average molecular weight is 278 g/mol. The quantitative estimate of drug-likeness (QED) is 0.821. The largest absolute Gasteiger partial charge is 0.388 e. The molecule has 0 saturated heterocycles. The minimum absolute atomic E-state index is 1.02. The van der Waals surface area contributed by atoms with E-state index in [-0.39, 0.29) is 0 Å².